The van der Waals surface area contributed by atoms with E-state index in [1.807, 2.05) is 19.2 Å². The summed E-state index contributed by atoms with van der Waals surface area (Å²) in [7, 11) is 1.95. The highest BCUT2D eigenvalue weighted by molar-refractivity contribution is 5.78. The zero-order valence-electron chi connectivity index (χ0n) is 13.0. The lowest BCUT2D eigenvalue weighted by atomic mass is 10.1. The normalized spacial score (nSPS) is 10.3. The van der Waals surface area contributed by atoms with Gasteiger partial charge in [0.15, 0.2) is 0 Å². The average Bonchev–Trinajstić information content (AvgIpc) is 2.56. The molecule has 0 aromatic heterocycles. The van der Waals surface area contributed by atoms with E-state index in [0.717, 1.165) is 22.7 Å². The van der Waals surface area contributed by atoms with Crippen molar-refractivity contribution in [3.05, 3.63) is 84.4 Å². The van der Waals surface area contributed by atoms with Crippen LogP contribution in [0.5, 0.6) is 0 Å². The van der Waals surface area contributed by atoms with Crippen molar-refractivity contribution in [3.63, 3.8) is 0 Å². The summed E-state index contributed by atoms with van der Waals surface area (Å²) in [5, 5.41) is 3.24. The first kappa shape index (κ1) is 14.2. The van der Waals surface area contributed by atoms with Crippen LogP contribution < -0.4 is 10.2 Å². The Bertz CT molecular complexity index is 697. The lowest BCUT2D eigenvalue weighted by Crippen LogP contribution is -2.10. The zero-order chi connectivity index (χ0) is 15.4. The third kappa shape index (κ3) is 2.96. The van der Waals surface area contributed by atoms with Crippen molar-refractivity contribution in [2.24, 2.45) is 0 Å². The molecular formula is C20H20N2. The van der Waals surface area contributed by atoms with Crippen LogP contribution >= 0.6 is 0 Å². The van der Waals surface area contributed by atoms with Crippen LogP contribution in [0.25, 0.3) is 0 Å². The minimum atomic E-state index is 1.12. The third-order valence-corrected chi connectivity index (χ3v) is 3.64. The van der Waals surface area contributed by atoms with Gasteiger partial charge < -0.3 is 10.2 Å². The highest BCUT2D eigenvalue weighted by Crippen LogP contribution is 2.35. The summed E-state index contributed by atoms with van der Waals surface area (Å²) < 4.78 is 0. The first-order valence-electron chi connectivity index (χ1n) is 7.47. The fourth-order valence-corrected chi connectivity index (χ4v) is 2.64. The molecule has 1 N–H and O–H groups in total. The van der Waals surface area contributed by atoms with Crippen molar-refractivity contribution in [3.8, 4) is 0 Å². The summed E-state index contributed by atoms with van der Waals surface area (Å²) >= 11 is 0. The maximum Gasteiger partial charge on any atom is 0.0484 e. The number of hydrogen-bond donors (Lipinski definition) is 1. The molecule has 3 aromatic rings. The molecule has 0 aliphatic heterocycles. The highest BCUT2D eigenvalue weighted by atomic mass is 15.1. The van der Waals surface area contributed by atoms with Gasteiger partial charge in [0.25, 0.3) is 0 Å². The van der Waals surface area contributed by atoms with Crippen LogP contribution in [-0.4, -0.2) is 7.05 Å². The monoisotopic (exact) mass is 288 g/mol. The Hall–Kier alpha value is -2.74. The minimum Gasteiger partial charge on any atom is -0.388 e. The van der Waals surface area contributed by atoms with Crippen molar-refractivity contribution in [2.45, 2.75) is 6.92 Å². The molecule has 0 heterocycles. The van der Waals surface area contributed by atoms with Crippen molar-refractivity contribution in [1.82, 2.24) is 0 Å². The van der Waals surface area contributed by atoms with Crippen molar-refractivity contribution in [1.29, 1.82) is 0 Å². The van der Waals surface area contributed by atoms with Gasteiger partial charge in [0.2, 0.25) is 0 Å². The molecule has 22 heavy (non-hydrogen) atoms. The molecule has 0 spiro atoms. The number of rotatable bonds is 4. The number of aryl methyl sites for hydroxylation is 1. The van der Waals surface area contributed by atoms with Crippen LogP contribution in [0.4, 0.5) is 22.7 Å². The molecule has 0 saturated heterocycles. The fraction of sp³-hybridized carbons (Fsp3) is 0.100. The maximum atomic E-state index is 3.24. The van der Waals surface area contributed by atoms with E-state index in [1.54, 1.807) is 0 Å². The molecular weight excluding hydrogens is 268 g/mol. The van der Waals surface area contributed by atoms with Crippen molar-refractivity contribution in [2.75, 3.05) is 17.3 Å². The van der Waals surface area contributed by atoms with Crippen LogP contribution in [-0.2, 0) is 0 Å². The van der Waals surface area contributed by atoms with Crippen molar-refractivity contribution >= 4 is 22.7 Å². The number of nitrogens with one attached hydrogen (secondary N) is 1. The van der Waals surface area contributed by atoms with Gasteiger partial charge in [-0.15, -0.1) is 0 Å². The maximum absolute atomic E-state index is 3.24. The number of benzene rings is 3. The quantitative estimate of drug-likeness (QED) is 0.681. The Morgan fingerprint density at radius 3 is 1.73 bits per heavy atom. The SMILES string of the molecule is CNc1cc(C)cc(N(c2ccccc2)c2ccccc2)c1. The van der Waals surface area contributed by atoms with Gasteiger partial charge in [-0.3, -0.25) is 0 Å². The highest BCUT2D eigenvalue weighted by Gasteiger charge is 2.12. The van der Waals surface area contributed by atoms with Gasteiger partial charge in [0.1, 0.15) is 0 Å². The molecule has 3 aromatic carbocycles. The van der Waals surface area contributed by atoms with Crippen LogP contribution in [0, 0.1) is 6.92 Å². The van der Waals surface area contributed by atoms with Crippen molar-refractivity contribution < 1.29 is 0 Å². The summed E-state index contributed by atoms with van der Waals surface area (Å²) in [4.78, 5) is 2.27. The van der Waals surface area contributed by atoms with Gasteiger partial charge in [-0.2, -0.15) is 0 Å². The summed E-state index contributed by atoms with van der Waals surface area (Å²) in [5.74, 6) is 0. The van der Waals surface area contributed by atoms with Crippen LogP contribution in [0.3, 0.4) is 0 Å². The summed E-state index contributed by atoms with van der Waals surface area (Å²) in [5.41, 5.74) is 5.81. The molecule has 0 aliphatic carbocycles. The molecule has 0 atom stereocenters. The Kier molecular flexibility index (Phi) is 4.10. The van der Waals surface area contributed by atoms with Crippen LogP contribution in [0.2, 0.25) is 0 Å². The zero-order valence-corrected chi connectivity index (χ0v) is 13.0. The fourth-order valence-electron chi connectivity index (χ4n) is 2.64. The smallest absolute Gasteiger partial charge is 0.0484 e. The first-order valence-corrected chi connectivity index (χ1v) is 7.47. The molecule has 0 aliphatic rings. The molecule has 0 saturated carbocycles. The molecule has 2 nitrogen and oxygen atoms in total. The van der Waals surface area contributed by atoms with E-state index in [4.69, 9.17) is 0 Å². The summed E-state index contributed by atoms with van der Waals surface area (Å²) in [6, 6.07) is 27.4. The van der Waals surface area contributed by atoms with E-state index in [9.17, 15) is 0 Å². The summed E-state index contributed by atoms with van der Waals surface area (Å²) in [6.07, 6.45) is 0. The van der Waals surface area contributed by atoms with E-state index in [-0.39, 0.29) is 0 Å². The lowest BCUT2D eigenvalue weighted by Gasteiger charge is -2.26. The second-order valence-corrected chi connectivity index (χ2v) is 5.31. The predicted molar refractivity (Wildman–Crippen MR) is 95.4 cm³/mol. The number of anilines is 4. The second kappa shape index (κ2) is 6.35. The number of para-hydroxylation sites is 2. The van der Waals surface area contributed by atoms with E-state index >= 15 is 0 Å². The lowest BCUT2D eigenvalue weighted by molar-refractivity contribution is 1.27. The van der Waals surface area contributed by atoms with Gasteiger partial charge in [-0.05, 0) is 55.0 Å². The molecule has 3 rings (SSSR count). The standard InChI is InChI=1S/C20H20N2/c1-16-13-17(21-2)15-20(14-16)22(18-9-5-3-6-10-18)19-11-7-4-8-12-19/h3-15,21H,1-2H3. The number of hydrogen-bond acceptors (Lipinski definition) is 2. The first-order chi connectivity index (χ1) is 10.8. The Labute approximate surface area is 132 Å². The summed E-state index contributed by atoms with van der Waals surface area (Å²) in [6.45, 7) is 2.12. The third-order valence-electron chi connectivity index (χ3n) is 3.64. The Morgan fingerprint density at radius 1 is 0.682 bits per heavy atom. The van der Waals surface area contributed by atoms with Gasteiger partial charge >= 0.3 is 0 Å². The van der Waals surface area contributed by atoms with E-state index in [0.29, 0.717) is 0 Å². The van der Waals surface area contributed by atoms with Gasteiger partial charge in [-0.1, -0.05) is 36.4 Å². The van der Waals surface area contributed by atoms with Gasteiger partial charge in [-0.25, -0.2) is 0 Å². The Morgan fingerprint density at radius 2 is 1.23 bits per heavy atom. The topological polar surface area (TPSA) is 15.3 Å². The Balaban J connectivity index is 2.16. The largest absolute Gasteiger partial charge is 0.388 e. The van der Waals surface area contributed by atoms with Gasteiger partial charge in [0, 0.05) is 29.8 Å². The van der Waals surface area contributed by atoms with Crippen LogP contribution in [0.15, 0.2) is 78.9 Å². The molecule has 0 bridgehead atoms. The van der Waals surface area contributed by atoms with Gasteiger partial charge in [0.05, 0.1) is 0 Å². The molecule has 0 unspecified atom stereocenters. The number of nitrogens with zero attached hydrogens (tertiary/aromatic N) is 1. The molecule has 2 heteroatoms. The second-order valence-electron chi connectivity index (χ2n) is 5.31. The minimum absolute atomic E-state index is 1.12. The van der Waals surface area contributed by atoms with Crippen LogP contribution in [0.1, 0.15) is 5.56 Å². The molecule has 0 fully saturated rings. The van der Waals surface area contributed by atoms with E-state index < -0.39 is 0 Å². The predicted octanol–water partition coefficient (Wildman–Crippen LogP) is 5.51. The van der Waals surface area contributed by atoms with E-state index in [2.05, 4.69) is 83.9 Å². The average molecular weight is 288 g/mol. The molecule has 0 radical (unpaired) electrons. The van der Waals surface area contributed by atoms with E-state index in [1.165, 1.54) is 5.56 Å². The molecule has 0 amide bonds. The molecule has 110 valence electrons.